The maximum absolute atomic E-state index is 14.3. The molecule has 2 aromatic carbocycles. The summed E-state index contributed by atoms with van der Waals surface area (Å²) >= 11 is 0. The lowest BCUT2D eigenvalue weighted by molar-refractivity contribution is -0.145. The number of amides is 3. The number of rotatable bonds is 9. The Balaban J connectivity index is 1.99. The Labute approximate surface area is 236 Å². The summed E-state index contributed by atoms with van der Waals surface area (Å²) in [6.07, 6.45) is 4.35. The monoisotopic (exact) mass is 553 g/mol. The van der Waals surface area contributed by atoms with E-state index < -0.39 is 35.7 Å². The van der Waals surface area contributed by atoms with Crippen LogP contribution < -0.4 is 10.6 Å². The van der Waals surface area contributed by atoms with E-state index in [4.69, 9.17) is 4.74 Å². The minimum Gasteiger partial charge on any atom is -0.508 e. The summed E-state index contributed by atoms with van der Waals surface area (Å²) in [6.45, 7) is 8.86. The molecule has 0 bridgehead atoms. The molecule has 0 aliphatic heterocycles. The van der Waals surface area contributed by atoms with E-state index in [0.29, 0.717) is 11.1 Å². The summed E-state index contributed by atoms with van der Waals surface area (Å²) in [5.74, 6) is -0.622. The number of carbonyl (C=O) groups is 3. The first-order valence-corrected chi connectivity index (χ1v) is 14.0. The van der Waals surface area contributed by atoms with E-state index in [1.54, 1.807) is 45.0 Å². The molecule has 1 aliphatic carbocycles. The van der Waals surface area contributed by atoms with E-state index in [1.807, 2.05) is 13.8 Å². The summed E-state index contributed by atoms with van der Waals surface area (Å²) in [5.41, 5.74) is 0.486. The molecule has 2 aromatic rings. The first kappa shape index (κ1) is 30.8. The maximum atomic E-state index is 14.3. The lowest BCUT2D eigenvalue weighted by atomic mass is 9.94. The number of aromatic hydroxyl groups is 2. The number of nitrogens with zero attached hydrogens (tertiary/aromatic N) is 1. The highest BCUT2D eigenvalue weighted by Gasteiger charge is 2.38. The van der Waals surface area contributed by atoms with Gasteiger partial charge in [0, 0.05) is 18.5 Å². The highest BCUT2D eigenvalue weighted by molar-refractivity contribution is 5.92. The Morgan fingerprint density at radius 1 is 0.925 bits per heavy atom. The van der Waals surface area contributed by atoms with Crippen LogP contribution in [-0.2, 0) is 20.7 Å². The zero-order valence-electron chi connectivity index (χ0n) is 24.1. The molecule has 0 radical (unpaired) electrons. The van der Waals surface area contributed by atoms with Crippen LogP contribution >= 0.6 is 0 Å². The maximum Gasteiger partial charge on any atom is 0.408 e. The molecule has 0 aromatic heterocycles. The van der Waals surface area contributed by atoms with Crippen molar-refractivity contribution in [2.75, 3.05) is 0 Å². The fraction of sp³-hybridized carbons (Fsp3) is 0.516. The second-order valence-corrected chi connectivity index (χ2v) is 11.7. The van der Waals surface area contributed by atoms with Crippen LogP contribution in [0.1, 0.15) is 83.9 Å². The Morgan fingerprint density at radius 3 is 2.00 bits per heavy atom. The summed E-state index contributed by atoms with van der Waals surface area (Å²) in [7, 11) is 0. The molecule has 9 heteroatoms. The Hall–Kier alpha value is -3.75. The number of phenolic OH excluding ortho intramolecular Hbond substituents is 2. The van der Waals surface area contributed by atoms with Gasteiger partial charge in [-0.1, -0.05) is 43.5 Å². The van der Waals surface area contributed by atoms with Crippen LogP contribution in [0, 0.1) is 0 Å². The first-order valence-electron chi connectivity index (χ1n) is 14.0. The largest absolute Gasteiger partial charge is 0.508 e. The fourth-order valence-corrected chi connectivity index (χ4v) is 5.00. The van der Waals surface area contributed by atoms with Crippen LogP contribution in [0.3, 0.4) is 0 Å². The molecular weight excluding hydrogens is 510 g/mol. The molecule has 9 nitrogen and oxygen atoms in total. The van der Waals surface area contributed by atoms with E-state index in [1.165, 1.54) is 29.2 Å². The van der Waals surface area contributed by atoms with E-state index in [2.05, 4.69) is 10.6 Å². The number of ether oxygens (including phenoxy) is 1. The van der Waals surface area contributed by atoms with E-state index in [9.17, 15) is 24.6 Å². The van der Waals surface area contributed by atoms with Crippen LogP contribution in [0.5, 0.6) is 11.5 Å². The molecule has 0 saturated heterocycles. The van der Waals surface area contributed by atoms with Gasteiger partial charge < -0.3 is 30.5 Å². The van der Waals surface area contributed by atoms with Gasteiger partial charge in [0.1, 0.15) is 29.2 Å². The Morgan fingerprint density at radius 2 is 1.48 bits per heavy atom. The summed E-state index contributed by atoms with van der Waals surface area (Å²) in [6, 6.07) is 10.2. The molecule has 1 fully saturated rings. The van der Waals surface area contributed by atoms with Crippen LogP contribution in [0.2, 0.25) is 0 Å². The summed E-state index contributed by atoms with van der Waals surface area (Å²) in [4.78, 5) is 42.5. The predicted octanol–water partition coefficient (Wildman–Crippen LogP) is 4.96. The van der Waals surface area contributed by atoms with Gasteiger partial charge >= 0.3 is 6.09 Å². The van der Waals surface area contributed by atoms with Crippen molar-refractivity contribution in [3.63, 3.8) is 0 Å². The SMILES string of the molecule is CC(C)N(C(=O)C(Cc1ccc(O)cc1)NC(=O)OC(C)(C)C)C(C(=O)NC1CCCCC1)c1ccc(O)cc1. The lowest BCUT2D eigenvalue weighted by Gasteiger charge is -2.38. The number of phenols is 2. The van der Waals surface area contributed by atoms with Crippen molar-refractivity contribution < 1.29 is 29.3 Å². The van der Waals surface area contributed by atoms with Gasteiger partial charge in [-0.05, 0) is 82.9 Å². The third-order valence-corrected chi connectivity index (χ3v) is 6.86. The summed E-state index contributed by atoms with van der Waals surface area (Å²) < 4.78 is 5.45. The smallest absolute Gasteiger partial charge is 0.408 e. The number of benzene rings is 2. The van der Waals surface area contributed by atoms with Gasteiger partial charge in [-0.25, -0.2) is 4.79 Å². The quantitative estimate of drug-likeness (QED) is 0.348. The second-order valence-electron chi connectivity index (χ2n) is 11.7. The number of nitrogens with one attached hydrogen (secondary N) is 2. The van der Waals surface area contributed by atoms with Crippen LogP contribution in [-0.4, -0.2) is 56.7 Å². The van der Waals surface area contributed by atoms with E-state index in [0.717, 1.165) is 32.1 Å². The third kappa shape index (κ3) is 8.89. The molecule has 1 aliphatic rings. The topological polar surface area (TPSA) is 128 Å². The minimum atomic E-state index is -1.05. The van der Waals surface area contributed by atoms with Gasteiger partial charge in [-0.15, -0.1) is 0 Å². The molecule has 3 rings (SSSR count). The van der Waals surface area contributed by atoms with Gasteiger partial charge in [0.2, 0.25) is 11.8 Å². The van der Waals surface area contributed by atoms with Crippen molar-refractivity contribution in [1.82, 2.24) is 15.5 Å². The average molecular weight is 554 g/mol. The standard InChI is InChI=1S/C31H43N3O6/c1-20(2)34(27(22-13-17-25(36)18-14-22)28(37)32-23-9-7-6-8-10-23)29(38)26(33-30(39)40-31(3,4)5)19-21-11-15-24(35)16-12-21/h11-18,20,23,26-27,35-36H,6-10,19H2,1-5H3,(H,32,37)(H,33,39). The number of alkyl carbamates (subject to hydrolysis) is 1. The zero-order valence-corrected chi connectivity index (χ0v) is 24.1. The minimum absolute atomic E-state index is 0.0256. The van der Waals surface area contributed by atoms with Crippen molar-refractivity contribution in [2.45, 2.75) is 103 Å². The molecule has 0 heterocycles. The van der Waals surface area contributed by atoms with Crippen molar-refractivity contribution in [3.05, 3.63) is 59.7 Å². The van der Waals surface area contributed by atoms with Crippen molar-refractivity contribution >= 4 is 17.9 Å². The molecule has 40 heavy (non-hydrogen) atoms. The van der Waals surface area contributed by atoms with Crippen molar-refractivity contribution in [2.24, 2.45) is 0 Å². The number of carbonyl (C=O) groups excluding carboxylic acids is 3. The van der Waals surface area contributed by atoms with Crippen LogP contribution in [0.15, 0.2) is 48.5 Å². The molecule has 3 amide bonds. The molecule has 2 unspecified atom stereocenters. The van der Waals surface area contributed by atoms with E-state index in [-0.39, 0.29) is 29.9 Å². The highest BCUT2D eigenvalue weighted by Crippen LogP contribution is 2.28. The zero-order chi connectivity index (χ0) is 29.4. The highest BCUT2D eigenvalue weighted by atomic mass is 16.6. The van der Waals surface area contributed by atoms with Gasteiger partial charge in [-0.3, -0.25) is 9.59 Å². The molecule has 0 spiro atoms. The second kappa shape index (κ2) is 13.5. The molecule has 4 N–H and O–H groups in total. The van der Waals surface area contributed by atoms with Crippen molar-refractivity contribution in [1.29, 1.82) is 0 Å². The van der Waals surface area contributed by atoms with Crippen LogP contribution in [0.4, 0.5) is 4.79 Å². The van der Waals surface area contributed by atoms with Gasteiger partial charge in [0.05, 0.1) is 0 Å². The fourth-order valence-electron chi connectivity index (χ4n) is 5.00. The average Bonchev–Trinajstić information content (AvgIpc) is 2.87. The van der Waals surface area contributed by atoms with Crippen molar-refractivity contribution in [3.8, 4) is 11.5 Å². The lowest BCUT2D eigenvalue weighted by Crippen LogP contribution is -2.56. The normalized spacial score (nSPS) is 15.7. The molecule has 2 atom stereocenters. The van der Waals surface area contributed by atoms with Gasteiger partial charge in [0.25, 0.3) is 0 Å². The third-order valence-electron chi connectivity index (χ3n) is 6.86. The Bertz CT molecular complexity index is 1140. The Kier molecular flexibility index (Phi) is 10.4. The molecule has 1 saturated carbocycles. The molecular formula is C31H43N3O6. The van der Waals surface area contributed by atoms with Gasteiger partial charge in [0.15, 0.2) is 0 Å². The number of hydrogen-bond donors (Lipinski definition) is 4. The van der Waals surface area contributed by atoms with Crippen LogP contribution in [0.25, 0.3) is 0 Å². The first-order chi connectivity index (χ1) is 18.8. The summed E-state index contributed by atoms with van der Waals surface area (Å²) in [5, 5.41) is 25.5. The number of hydrogen-bond acceptors (Lipinski definition) is 6. The van der Waals surface area contributed by atoms with E-state index >= 15 is 0 Å². The van der Waals surface area contributed by atoms with Gasteiger partial charge in [-0.2, -0.15) is 0 Å². The molecule has 218 valence electrons. The predicted molar refractivity (Wildman–Crippen MR) is 153 cm³/mol.